The first kappa shape index (κ1) is 8.95. The zero-order chi connectivity index (χ0) is 9.26. The number of nitrogens with zero attached hydrogens (tertiary/aromatic N) is 1. The first-order valence-electron chi connectivity index (χ1n) is 4.77. The number of para-hydroxylation sites is 1. The van der Waals surface area contributed by atoms with Gasteiger partial charge in [-0.1, -0.05) is 19.1 Å². The van der Waals surface area contributed by atoms with Crippen molar-refractivity contribution < 1.29 is 0 Å². The molecule has 0 saturated heterocycles. The standard InChI is InChI=1S/C11H15NS/c1-3-9-8-13-11-7-5-4-6-10(11)12(9)2/h4-7,9H,3,8H2,1-2H3. The highest BCUT2D eigenvalue weighted by atomic mass is 32.2. The van der Waals surface area contributed by atoms with Crippen LogP contribution in [0.4, 0.5) is 5.69 Å². The van der Waals surface area contributed by atoms with E-state index in [0.717, 1.165) is 0 Å². The zero-order valence-corrected chi connectivity index (χ0v) is 8.97. The molecule has 1 aromatic carbocycles. The summed E-state index contributed by atoms with van der Waals surface area (Å²) in [6, 6.07) is 9.37. The van der Waals surface area contributed by atoms with Crippen molar-refractivity contribution in [3.05, 3.63) is 24.3 Å². The van der Waals surface area contributed by atoms with Crippen molar-refractivity contribution in [2.24, 2.45) is 0 Å². The number of anilines is 1. The van der Waals surface area contributed by atoms with Gasteiger partial charge in [0.25, 0.3) is 0 Å². The van der Waals surface area contributed by atoms with Crippen molar-refractivity contribution in [3.63, 3.8) is 0 Å². The second-order valence-electron chi connectivity index (χ2n) is 3.45. The summed E-state index contributed by atoms with van der Waals surface area (Å²) < 4.78 is 0. The first-order valence-corrected chi connectivity index (χ1v) is 5.76. The van der Waals surface area contributed by atoms with Crippen molar-refractivity contribution in [2.45, 2.75) is 24.3 Å². The number of fused-ring (bicyclic) bond motifs is 1. The lowest BCUT2D eigenvalue weighted by molar-refractivity contribution is 0.661. The van der Waals surface area contributed by atoms with Crippen LogP contribution in [0.15, 0.2) is 29.2 Å². The van der Waals surface area contributed by atoms with E-state index in [4.69, 9.17) is 0 Å². The molecule has 1 atom stereocenters. The third-order valence-corrected chi connectivity index (χ3v) is 3.90. The van der Waals surface area contributed by atoms with Crippen LogP contribution in [0.25, 0.3) is 0 Å². The molecule has 0 bridgehead atoms. The Bertz CT molecular complexity index is 298. The molecule has 0 N–H and O–H groups in total. The number of hydrogen-bond donors (Lipinski definition) is 0. The molecule has 2 heteroatoms. The molecule has 1 nitrogen and oxygen atoms in total. The monoisotopic (exact) mass is 193 g/mol. The van der Waals surface area contributed by atoms with Crippen LogP contribution in [0.2, 0.25) is 0 Å². The Labute approximate surface area is 84.1 Å². The van der Waals surface area contributed by atoms with Crippen molar-refractivity contribution in [2.75, 3.05) is 17.7 Å². The van der Waals surface area contributed by atoms with Crippen molar-refractivity contribution >= 4 is 17.4 Å². The molecule has 0 radical (unpaired) electrons. The third kappa shape index (κ3) is 1.55. The minimum atomic E-state index is 0.708. The summed E-state index contributed by atoms with van der Waals surface area (Å²) in [5.74, 6) is 1.23. The van der Waals surface area contributed by atoms with Crippen molar-refractivity contribution in [1.82, 2.24) is 0 Å². The summed E-state index contributed by atoms with van der Waals surface area (Å²) in [6.07, 6.45) is 1.23. The molecule has 0 amide bonds. The van der Waals surface area contributed by atoms with Gasteiger partial charge in [0.2, 0.25) is 0 Å². The van der Waals surface area contributed by atoms with E-state index in [-0.39, 0.29) is 0 Å². The lowest BCUT2D eigenvalue weighted by atomic mass is 10.2. The molecule has 2 rings (SSSR count). The molecule has 1 aliphatic heterocycles. The van der Waals surface area contributed by atoms with E-state index >= 15 is 0 Å². The fraction of sp³-hybridized carbons (Fsp3) is 0.455. The molecule has 1 aliphatic rings. The van der Waals surface area contributed by atoms with Gasteiger partial charge in [0, 0.05) is 23.7 Å². The lowest BCUT2D eigenvalue weighted by Crippen LogP contribution is -2.35. The molecule has 1 unspecified atom stereocenters. The molecule has 1 aromatic rings. The van der Waals surface area contributed by atoms with Crippen LogP contribution in [0, 0.1) is 0 Å². The van der Waals surface area contributed by atoms with Crippen molar-refractivity contribution in [3.8, 4) is 0 Å². The fourth-order valence-electron chi connectivity index (χ4n) is 1.76. The highest BCUT2D eigenvalue weighted by molar-refractivity contribution is 7.99. The fourth-order valence-corrected chi connectivity index (χ4v) is 3.12. The van der Waals surface area contributed by atoms with Crippen LogP contribution in [-0.2, 0) is 0 Å². The Morgan fingerprint density at radius 2 is 2.23 bits per heavy atom. The molecule has 0 fully saturated rings. The van der Waals surface area contributed by atoms with E-state index in [2.05, 4.69) is 43.1 Å². The summed E-state index contributed by atoms with van der Waals surface area (Å²) in [4.78, 5) is 3.83. The Hall–Kier alpha value is -0.630. The molecule has 13 heavy (non-hydrogen) atoms. The largest absolute Gasteiger partial charge is 0.370 e. The van der Waals surface area contributed by atoms with E-state index in [1.165, 1.54) is 22.8 Å². The molecule has 0 aromatic heterocycles. The van der Waals surface area contributed by atoms with E-state index in [9.17, 15) is 0 Å². The average molecular weight is 193 g/mol. The highest BCUT2D eigenvalue weighted by Crippen LogP contribution is 2.36. The number of thioether (sulfide) groups is 1. The van der Waals surface area contributed by atoms with E-state index < -0.39 is 0 Å². The zero-order valence-electron chi connectivity index (χ0n) is 8.16. The summed E-state index contributed by atoms with van der Waals surface area (Å²) in [6.45, 7) is 2.26. The Kier molecular flexibility index (Phi) is 2.49. The van der Waals surface area contributed by atoms with Gasteiger partial charge in [0.1, 0.15) is 0 Å². The lowest BCUT2D eigenvalue weighted by Gasteiger charge is -2.34. The van der Waals surface area contributed by atoms with E-state index in [1.807, 2.05) is 11.8 Å². The molecule has 0 spiro atoms. The van der Waals surface area contributed by atoms with E-state index in [0.29, 0.717) is 6.04 Å². The van der Waals surface area contributed by atoms with Gasteiger partial charge in [-0.15, -0.1) is 11.8 Å². The summed E-state index contributed by atoms with van der Waals surface area (Å²) in [5.41, 5.74) is 1.39. The summed E-state index contributed by atoms with van der Waals surface area (Å²) in [7, 11) is 2.20. The summed E-state index contributed by atoms with van der Waals surface area (Å²) >= 11 is 1.98. The Morgan fingerprint density at radius 1 is 1.46 bits per heavy atom. The number of benzene rings is 1. The van der Waals surface area contributed by atoms with Crippen LogP contribution >= 0.6 is 11.8 Å². The second-order valence-corrected chi connectivity index (χ2v) is 4.51. The average Bonchev–Trinajstić information content (AvgIpc) is 2.19. The van der Waals surface area contributed by atoms with Gasteiger partial charge in [-0.25, -0.2) is 0 Å². The quantitative estimate of drug-likeness (QED) is 0.674. The van der Waals surface area contributed by atoms with Gasteiger partial charge < -0.3 is 4.90 Å². The maximum atomic E-state index is 2.41. The molecular weight excluding hydrogens is 178 g/mol. The molecular formula is C11H15NS. The summed E-state index contributed by atoms with van der Waals surface area (Å²) in [5, 5.41) is 0. The van der Waals surface area contributed by atoms with Gasteiger partial charge >= 0.3 is 0 Å². The smallest absolute Gasteiger partial charge is 0.0504 e. The van der Waals surface area contributed by atoms with Crippen LogP contribution in [0.1, 0.15) is 13.3 Å². The normalized spacial score (nSPS) is 21.4. The second kappa shape index (κ2) is 3.62. The topological polar surface area (TPSA) is 3.24 Å². The minimum Gasteiger partial charge on any atom is -0.370 e. The van der Waals surface area contributed by atoms with Crippen LogP contribution < -0.4 is 4.90 Å². The number of hydrogen-bond acceptors (Lipinski definition) is 2. The van der Waals surface area contributed by atoms with Gasteiger partial charge in [0.05, 0.1) is 5.69 Å². The van der Waals surface area contributed by atoms with Crippen LogP contribution in [-0.4, -0.2) is 18.8 Å². The Balaban J connectivity index is 2.33. The van der Waals surface area contributed by atoms with Crippen LogP contribution in [0.3, 0.4) is 0 Å². The molecule has 0 aliphatic carbocycles. The van der Waals surface area contributed by atoms with Gasteiger partial charge in [-0.05, 0) is 18.6 Å². The highest BCUT2D eigenvalue weighted by Gasteiger charge is 2.21. The Morgan fingerprint density at radius 3 is 3.00 bits per heavy atom. The minimum absolute atomic E-state index is 0.708. The van der Waals surface area contributed by atoms with E-state index in [1.54, 1.807) is 0 Å². The SMILES string of the molecule is CCC1CSc2ccccc2N1C. The van der Waals surface area contributed by atoms with Crippen LogP contribution in [0.5, 0.6) is 0 Å². The van der Waals surface area contributed by atoms with Gasteiger partial charge in [-0.2, -0.15) is 0 Å². The first-order chi connectivity index (χ1) is 6.33. The van der Waals surface area contributed by atoms with Gasteiger partial charge in [0.15, 0.2) is 0 Å². The van der Waals surface area contributed by atoms with Gasteiger partial charge in [-0.3, -0.25) is 0 Å². The third-order valence-electron chi connectivity index (χ3n) is 2.70. The molecule has 70 valence electrons. The molecule has 0 saturated carbocycles. The maximum Gasteiger partial charge on any atom is 0.0504 e. The van der Waals surface area contributed by atoms with Crippen molar-refractivity contribution in [1.29, 1.82) is 0 Å². The predicted octanol–water partition coefficient (Wildman–Crippen LogP) is 3.01. The number of rotatable bonds is 1. The maximum absolute atomic E-state index is 2.41. The predicted molar refractivity (Wildman–Crippen MR) is 59.6 cm³/mol. The molecule has 1 heterocycles.